The second-order valence-corrected chi connectivity index (χ2v) is 6.16. The lowest BCUT2D eigenvalue weighted by molar-refractivity contribution is 0.0145. The Morgan fingerprint density at radius 3 is 2.11 bits per heavy atom. The van der Waals surface area contributed by atoms with Crippen molar-refractivity contribution in [2.24, 2.45) is 0 Å². The Morgan fingerprint density at radius 1 is 1.06 bits per heavy atom. The van der Waals surface area contributed by atoms with E-state index in [1.54, 1.807) is 12.1 Å². The summed E-state index contributed by atoms with van der Waals surface area (Å²) in [6.07, 6.45) is 0. The van der Waals surface area contributed by atoms with Gasteiger partial charge in [-0.2, -0.15) is 0 Å². The van der Waals surface area contributed by atoms with Crippen molar-refractivity contribution in [3.8, 4) is 11.8 Å². The molecule has 0 unspecified atom stereocenters. The van der Waals surface area contributed by atoms with Gasteiger partial charge in [-0.3, -0.25) is 0 Å². The molecule has 1 rings (SSSR count). The number of rotatable bonds is 5. The van der Waals surface area contributed by atoms with Crippen molar-refractivity contribution in [2.75, 3.05) is 27.9 Å². The molecule has 0 fully saturated rings. The number of hydrogen-bond acceptors (Lipinski definition) is 4. The first-order valence-corrected chi connectivity index (χ1v) is 7.20. The van der Waals surface area contributed by atoms with Crippen LogP contribution in [0.5, 0.6) is 0 Å². The average molecular weight is 287 g/mol. The largest absolute Gasteiger partial charge is 0.679 e. The molecule has 18 heavy (non-hydrogen) atoms. The maximum Gasteiger partial charge on any atom is 0.679 e. The minimum absolute atomic E-state index is 0.171. The molecular weight excluding hydrogens is 272 g/mol. The van der Waals surface area contributed by atoms with E-state index < -0.39 is 9.05 Å². The monoisotopic (exact) mass is 286 g/mol. The van der Waals surface area contributed by atoms with Gasteiger partial charge in [-0.25, -0.2) is 0 Å². The highest BCUT2D eigenvalue weighted by Crippen LogP contribution is 2.09. The summed E-state index contributed by atoms with van der Waals surface area (Å²) < 4.78 is 20.7. The van der Waals surface area contributed by atoms with Crippen LogP contribution in [0.4, 0.5) is 0 Å². The lowest BCUT2D eigenvalue weighted by atomic mass is 10.2. The maximum atomic E-state index is 5.77. The number of halogens is 1. The highest BCUT2D eigenvalue weighted by atomic mass is 35.5. The molecule has 0 radical (unpaired) electrons. The summed E-state index contributed by atoms with van der Waals surface area (Å²) in [4.78, 5) is 0. The molecule has 1 aromatic carbocycles. The summed E-state index contributed by atoms with van der Waals surface area (Å²) in [5.41, 5.74) is 0.863. The molecule has 4 nitrogen and oxygen atoms in total. The van der Waals surface area contributed by atoms with Crippen molar-refractivity contribution in [3.05, 3.63) is 34.9 Å². The van der Waals surface area contributed by atoms with Crippen LogP contribution in [-0.4, -0.2) is 37.0 Å². The summed E-state index contributed by atoms with van der Waals surface area (Å²) in [5, 5.41) is 0.682. The van der Waals surface area contributed by atoms with E-state index in [0.29, 0.717) is 5.02 Å². The van der Waals surface area contributed by atoms with E-state index in [9.17, 15) is 0 Å². The molecule has 0 bridgehead atoms. The van der Waals surface area contributed by atoms with Gasteiger partial charge >= 0.3 is 9.05 Å². The van der Waals surface area contributed by atoms with E-state index in [-0.39, 0.29) is 6.61 Å². The second kappa shape index (κ2) is 7.54. The Hall–Kier alpha value is -0.873. The third kappa shape index (κ3) is 4.42. The van der Waals surface area contributed by atoms with Gasteiger partial charge in [-0.05, 0) is 24.3 Å². The van der Waals surface area contributed by atoms with Gasteiger partial charge in [-0.1, -0.05) is 23.4 Å². The smallest absolute Gasteiger partial charge is 0.355 e. The molecule has 98 valence electrons. The molecule has 6 heteroatoms. The quantitative estimate of drug-likeness (QED) is 0.613. The van der Waals surface area contributed by atoms with Crippen LogP contribution in [-0.2, 0) is 17.7 Å². The van der Waals surface area contributed by atoms with Gasteiger partial charge in [0.05, 0.1) is 0 Å². The lowest BCUT2D eigenvalue weighted by Gasteiger charge is -2.21. The molecular formula is C12H15ClO4Si. The van der Waals surface area contributed by atoms with Crippen molar-refractivity contribution >= 4 is 20.6 Å². The van der Waals surface area contributed by atoms with Crippen molar-refractivity contribution in [1.29, 1.82) is 0 Å². The Balaban J connectivity index is 2.53. The molecule has 0 aromatic heterocycles. The highest BCUT2D eigenvalue weighted by molar-refractivity contribution is 6.53. The fourth-order valence-corrected chi connectivity index (χ4v) is 2.45. The number of hydrogen-bond donors (Lipinski definition) is 0. The van der Waals surface area contributed by atoms with Crippen molar-refractivity contribution in [1.82, 2.24) is 0 Å². The first-order chi connectivity index (χ1) is 8.65. The molecule has 0 aliphatic heterocycles. The zero-order chi connectivity index (χ0) is 13.4. The van der Waals surface area contributed by atoms with E-state index in [0.717, 1.165) is 5.56 Å². The van der Waals surface area contributed by atoms with Crippen LogP contribution >= 0.6 is 11.6 Å². The van der Waals surface area contributed by atoms with E-state index >= 15 is 0 Å². The predicted molar refractivity (Wildman–Crippen MR) is 71.1 cm³/mol. The third-order valence-corrected chi connectivity index (χ3v) is 4.40. The van der Waals surface area contributed by atoms with E-state index in [1.807, 2.05) is 12.1 Å². The molecule has 1 aromatic rings. The SMILES string of the molecule is CO[Si](OC)(OC)OCC#Cc1ccc(Cl)cc1. The average Bonchev–Trinajstić information content (AvgIpc) is 2.42. The van der Waals surface area contributed by atoms with Crippen LogP contribution in [0, 0.1) is 11.8 Å². The van der Waals surface area contributed by atoms with Crippen molar-refractivity contribution in [2.45, 2.75) is 0 Å². The minimum Gasteiger partial charge on any atom is -0.355 e. The van der Waals surface area contributed by atoms with Gasteiger partial charge in [0.25, 0.3) is 0 Å². The van der Waals surface area contributed by atoms with Gasteiger partial charge in [-0.15, -0.1) is 0 Å². The van der Waals surface area contributed by atoms with Gasteiger partial charge < -0.3 is 17.7 Å². The van der Waals surface area contributed by atoms with Crippen molar-refractivity contribution < 1.29 is 17.7 Å². The van der Waals surface area contributed by atoms with E-state index in [4.69, 9.17) is 29.3 Å². The van der Waals surface area contributed by atoms with Crippen LogP contribution in [0.25, 0.3) is 0 Å². The molecule has 0 saturated heterocycles. The fraction of sp³-hybridized carbons (Fsp3) is 0.333. The molecule has 0 saturated carbocycles. The zero-order valence-corrected chi connectivity index (χ0v) is 12.3. The summed E-state index contributed by atoms with van der Waals surface area (Å²) in [7, 11) is 1.45. The van der Waals surface area contributed by atoms with Crippen LogP contribution in [0.1, 0.15) is 5.56 Å². The molecule has 0 atom stereocenters. The summed E-state index contributed by atoms with van der Waals surface area (Å²) in [5.74, 6) is 5.80. The van der Waals surface area contributed by atoms with Gasteiger partial charge in [0.2, 0.25) is 0 Å². The summed E-state index contributed by atoms with van der Waals surface area (Å²) >= 11 is 5.77. The normalized spacial score (nSPS) is 10.9. The van der Waals surface area contributed by atoms with Gasteiger partial charge in [0.1, 0.15) is 6.61 Å². The summed E-state index contributed by atoms with van der Waals surface area (Å²) in [6, 6.07) is 7.24. The molecule has 0 aliphatic carbocycles. The molecule has 0 aliphatic rings. The standard InChI is InChI=1S/C12H15ClO4Si/c1-14-18(15-2,16-3)17-10-4-5-11-6-8-12(13)9-7-11/h6-9H,10H2,1-3H3. The second-order valence-electron chi connectivity index (χ2n) is 3.21. The van der Waals surface area contributed by atoms with Crippen LogP contribution in [0.3, 0.4) is 0 Å². The number of benzene rings is 1. The van der Waals surface area contributed by atoms with Crippen LogP contribution in [0.2, 0.25) is 5.02 Å². The summed E-state index contributed by atoms with van der Waals surface area (Å²) in [6.45, 7) is 0.171. The zero-order valence-electron chi connectivity index (χ0n) is 10.5. The minimum atomic E-state index is -2.99. The van der Waals surface area contributed by atoms with Crippen LogP contribution < -0.4 is 0 Å². The van der Waals surface area contributed by atoms with Gasteiger partial charge in [0, 0.05) is 31.9 Å². The van der Waals surface area contributed by atoms with E-state index in [2.05, 4.69) is 11.8 Å². The highest BCUT2D eigenvalue weighted by Gasteiger charge is 2.41. The lowest BCUT2D eigenvalue weighted by Crippen LogP contribution is -2.46. The Labute approximate surface area is 113 Å². The van der Waals surface area contributed by atoms with E-state index in [1.165, 1.54) is 21.3 Å². The molecule has 0 spiro atoms. The van der Waals surface area contributed by atoms with Crippen molar-refractivity contribution in [3.63, 3.8) is 0 Å². The Kier molecular flexibility index (Phi) is 6.36. The molecule has 0 N–H and O–H groups in total. The topological polar surface area (TPSA) is 36.9 Å². The van der Waals surface area contributed by atoms with Crippen LogP contribution in [0.15, 0.2) is 24.3 Å². The Bertz CT molecular complexity index is 412. The first-order valence-electron chi connectivity index (χ1n) is 5.19. The first kappa shape index (κ1) is 15.2. The Morgan fingerprint density at radius 2 is 1.61 bits per heavy atom. The molecule has 0 amide bonds. The predicted octanol–water partition coefficient (Wildman–Crippen LogP) is 2.08. The third-order valence-electron chi connectivity index (χ3n) is 2.15. The molecule has 0 heterocycles. The van der Waals surface area contributed by atoms with Gasteiger partial charge in [0.15, 0.2) is 0 Å². The fourth-order valence-electron chi connectivity index (χ4n) is 1.22. The maximum absolute atomic E-state index is 5.77.